The normalized spacial score (nSPS) is 9.56. The summed E-state index contributed by atoms with van der Waals surface area (Å²) < 4.78 is 5.01. The summed E-state index contributed by atoms with van der Waals surface area (Å²) in [6.07, 6.45) is 1.37. The molecule has 0 fully saturated rings. The number of benzene rings is 1. The molecule has 0 aliphatic carbocycles. The Kier molecular flexibility index (Phi) is 4.29. The summed E-state index contributed by atoms with van der Waals surface area (Å²) in [7, 11) is 0. The van der Waals surface area contributed by atoms with Gasteiger partial charge in [-0.3, -0.25) is 0 Å². The first-order chi connectivity index (χ1) is 7.16. The second-order valence-corrected chi connectivity index (χ2v) is 3.19. The molecule has 2 aromatic rings. The van der Waals surface area contributed by atoms with Gasteiger partial charge in [0.2, 0.25) is 5.89 Å². The Hall–Kier alpha value is -1.10. The first-order valence-electron chi connectivity index (χ1n) is 4.41. The first-order valence-corrected chi connectivity index (χ1v) is 4.41. The van der Waals surface area contributed by atoms with Gasteiger partial charge in [0, 0.05) is 5.56 Å². The fourth-order valence-corrected chi connectivity index (χ4v) is 1.30. The number of carboxylic acid groups (broad SMARTS) is 1. The van der Waals surface area contributed by atoms with Crippen LogP contribution in [0.5, 0.6) is 0 Å². The van der Waals surface area contributed by atoms with Crippen molar-refractivity contribution in [2.45, 2.75) is 6.92 Å². The molecule has 1 aromatic carbocycles. The number of aromatic carboxylic acids is 1. The summed E-state index contributed by atoms with van der Waals surface area (Å²) in [5.74, 6) is -1.38. The predicted molar refractivity (Wildman–Crippen MR) is 51.0 cm³/mol. The molecule has 5 heteroatoms. The van der Waals surface area contributed by atoms with Gasteiger partial charge in [0.25, 0.3) is 0 Å². The zero-order valence-corrected chi connectivity index (χ0v) is 11.1. The molecule has 0 saturated carbocycles. The van der Waals surface area contributed by atoms with E-state index in [0.29, 0.717) is 5.76 Å². The Labute approximate surface area is 115 Å². The molecule has 2 rings (SSSR count). The zero-order chi connectivity index (χ0) is 10.8. The molecule has 0 spiro atoms. The quantitative estimate of drug-likeness (QED) is 0.555. The molecule has 0 N–H and O–H groups in total. The maximum absolute atomic E-state index is 10.4. The van der Waals surface area contributed by atoms with Gasteiger partial charge in [-0.25, -0.2) is 4.98 Å². The van der Waals surface area contributed by atoms with Crippen LogP contribution in [0.2, 0.25) is 0 Å². The monoisotopic (exact) mass is 225 g/mol. The van der Waals surface area contributed by atoms with Crippen LogP contribution in [0.4, 0.5) is 0 Å². The molecule has 76 valence electrons. The number of carbonyl (C=O) groups is 1. The second kappa shape index (κ2) is 5.30. The maximum atomic E-state index is 10.4. The van der Waals surface area contributed by atoms with Crippen LogP contribution in [0.25, 0.3) is 11.3 Å². The molecule has 0 radical (unpaired) electrons. The summed E-state index contributed by atoms with van der Waals surface area (Å²) >= 11 is 0. The van der Waals surface area contributed by atoms with Crippen molar-refractivity contribution in [2.75, 3.05) is 0 Å². The van der Waals surface area contributed by atoms with E-state index in [9.17, 15) is 9.90 Å². The van der Waals surface area contributed by atoms with E-state index in [-0.39, 0.29) is 29.6 Å². The van der Waals surface area contributed by atoms with Crippen LogP contribution in [-0.4, -0.2) is 11.0 Å². The van der Waals surface area contributed by atoms with Gasteiger partial charge in [-0.1, -0.05) is 23.8 Å². The summed E-state index contributed by atoms with van der Waals surface area (Å²) in [5, 5.41) is 10.4. The van der Waals surface area contributed by atoms with Crippen LogP contribution in [0.15, 0.2) is 34.9 Å². The number of aromatic nitrogens is 1. The molecule has 4 nitrogen and oxygen atoms in total. The first kappa shape index (κ1) is 13.0. The van der Waals surface area contributed by atoms with Gasteiger partial charge in [-0.2, -0.15) is 0 Å². The third kappa shape index (κ3) is 2.72. The number of hydrogen-bond donors (Lipinski definition) is 0. The topological polar surface area (TPSA) is 66.2 Å². The number of aryl methyl sites for hydroxylation is 1. The Bertz CT molecular complexity index is 507. The molecule has 0 amide bonds. The summed E-state index contributed by atoms with van der Waals surface area (Å²) in [5.41, 5.74) is 1.87. The number of oxazole rings is 1. The zero-order valence-electron chi connectivity index (χ0n) is 9.06. The van der Waals surface area contributed by atoms with Gasteiger partial charge < -0.3 is 14.3 Å². The van der Waals surface area contributed by atoms with Crippen molar-refractivity contribution in [2.24, 2.45) is 0 Å². The molecule has 0 aliphatic rings. The van der Waals surface area contributed by atoms with E-state index in [2.05, 4.69) is 4.98 Å². The van der Waals surface area contributed by atoms with Crippen molar-refractivity contribution in [3.8, 4) is 11.3 Å². The largest absolute Gasteiger partial charge is 1.00 e. The van der Waals surface area contributed by atoms with Gasteiger partial charge in [0.1, 0.15) is 5.97 Å². The van der Waals surface area contributed by atoms with Crippen LogP contribution < -0.4 is 34.7 Å². The Morgan fingerprint density at radius 2 is 2.19 bits per heavy atom. The number of hydrogen-bond acceptors (Lipinski definition) is 4. The molecule has 0 bridgehead atoms. The number of nitrogens with zero attached hydrogens (tertiary/aromatic N) is 1. The number of carboxylic acids is 1. The average Bonchev–Trinajstić information content (AvgIpc) is 2.66. The molecular formula is C11H8NNaO3. The third-order valence-corrected chi connectivity index (χ3v) is 1.98. The van der Waals surface area contributed by atoms with Crippen molar-refractivity contribution in [3.63, 3.8) is 0 Å². The van der Waals surface area contributed by atoms with Crippen molar-refractivity contribution >= 4 is 5.97 Å². The van der Waals surface area contributed by atoms with Crippen LogP contribution in [0, 0.1) is 6.92 Å². The summed E-state index contributed by atoms with van der Waals surface area (Å²) in [6.45, 7) is 1.94. The fourth-order valence-electron chi connectivity index (χ4n) is 1.30. The van der Waals surface area contributed by atoms with E-state index >= 15 is 0 Å². The SMILES string of the molecule is Cc1cccc(-c2cnc(C(=O)[O-])o2)c1.[Na+]. The van der Waals surface area contributed by atoms with Crippen molar-refractivity contribution in [1.82, 2.24) is 4.98 Å². The van der Waals surface area contributed by atoms with E-state index in [0.717, 1.165) is 11.1 Å². The van der Waals surface area contributed by atoms with E-state index in [1.165, 1.54) is 6.20 Å². The standard InChI is InChI=1S/C11H9NO3.Na/c1-7-3-2-4-8(5-7)9-6-12-10(15-9)11(13)14;/h2-6H,1H3,(H,13,14);/q;+1/p-1. The van der Waals surface area contributed by atoms with Gasteiger partial charge in [-0.15, -0.1) is 0 Å². The number of rotatable bonds is 2. The Balaban J connectivity index is 0.00000128. The van der Waals surface area contributed by atoms with E-state index in [4.69, 9.17) is 4.42 Å². The molecule has 0 saturated heterocycles. The molecule has 0 atom stereocenters. The number of carbonyl (C=O) groups excluding carboxylic acids is 1. The molecule has 0 unspecified atom stereocenters. The molecule has 0 aliphatic heterocycles. The molecule has 16 heavy (non-hydrogen) atoms. The van der Waals surface area contributed by atoms with Crippen LogP contribution in [0.3, 0.4) is 0 Å². The van der Waals surface area contributed by atoms with E-state index in [1.54, 1.807) is 0 Å². The van der Waals surface area contributed by atoms with Crippen LogP contribution >= 0.6 is 0 Å². The fraction of sp³-hybridized carbons (Fsp3) is 0.0909. The van der Waals surface area contributed by atoms with Gasteiger partial charge in [0.15, 0.2) is 5.76 Å². The minimum absolute atomic E-state index is 0. The summed E-state index contributed by atoms with van der Waals surface area (Å²) in [4.78, 5) is 14.0. The maximum Gasteiger partial charge on any atom is 1.00 e. The van der Waals surface area contributed by atoms with E-state index in [1.807, 2.05) is 31.2 Å². The van der Waals surface area contributed by atoms with Crippen molar-refractivity contribution in [3.05, 3.63) is 41.9 Å². The third-order valence-electron chi connectivity index (χ3n) is 1.98. The van der Waals surface area contributed by atoms with Crippen LogP contribution in [0.1, 0.15) is 16.2 Å². The van der Waals surface area contributed by atoms with E-state index < -0.39 is 11.9 Å². The second-order valence-electron chi connectivity index (χ2n) is 3.19. The van der Waals surface area contributed by atoms with Gasteiger partial charge in [-0.05, 0) is 13.0 Å². The smallest absolute Gasteiger partial charge is 0.540 e. The summed E-state index contributed by atoms with van der Waals surface area (Å²) in [6, 6.07) is 7.53. The molecule has 1 heterocycles. The minimum atomic E-state index is -1.41. The molecule has 1 aromatic heterocycles. The Morgan fingerprint density at radius 3 is 2.75 bits per heavy atom. The van der Waals surface area contributed by atoms with Gasteiger partial charge in [0.05, 0.1) is 6.20 Å². The minimum Gasteiger partial charge on any atom is -0.540 e. The average molecular weight is 225 g/mol. The van der Waals surface area contributed by atoms with Crippen molar-refractivity contribution in [1.29, 1.82) is 0 Å². The Morgan fingerprint density at radius 1 is 1.44 bits per heavy atom. The molecular weight excluding hydrogens is 217 g/mol. The predicted octanol–water partition coefficient (Wildman–Crippen LogP) is -1.98. The van der Waals surface area contributed by atoms with Crippen LogP contribution in [-0.2, 0) is 0 Å². The van der Waals surface area contributed by atoms with Crippen molar-refractivity contribution < 1.29 is 43.9 Å². The van der Waals surface area contributed by atoms with Gasteiger partial charge >= 0.3 is 29.6 Å².